The molecule has 1 unspecified atom stereocenters. The molecule has 1 aliphatic carbocycles. The lowest BCUT2D eigenvalue weighted by Crippen LogP contribution is -2.42. The maximum atomic E-state index is 11.8. The molecule has 0 saturated heterocycles. The molecule has 5 heteroatoms. The van der Waals surface area contributed by atoms with Crippen molar-refractivity contribution in [1.82, 2.24) is 10.6 Å². The first-order valence-corrected chi connectivity index (χ1v) is 6.88. The zero-order valence-corrected chi connectivity index (χ0v) is 11.6. The van der Waals surface area contributed by atoms with Crippen LogP contribution >= 0.6 is 0 Å². The molecule has 0 bridgehead atoms. The molecule has 1 aromatic carbocycles. The summed E-state index contributed by atoms with van der Waals surface area (Å²) in [6, 6.07) is 7.53. The van der Waals surface area contributed by atoms with E-state index >= 15 is 0 Å². The number of hydrogen-bond donors (Lipinski definition) is 3. The molecule has 1 amide bonds. The Kier molecular flexibility index (Phi) is 4.74. The largest absolute Gasteiger partial charge is 0.481 e. The smallest absolute Gasteiger partial charge is 0.307 e. The molecule has 3 N–H and O–H groups in total. The standard InChI is InChI=1S/C15H20N2O3/c1-10(15(20)17-13-6-7-13)16-9-12-4-2-11(3-5-12)8-14(18)19/h2-5,10,13,16H,6-9H2,1H3,(H,17,20)(H,18,19). The third-order valence-electron chi connectivity index (χ3n) is 3.31. The van der Waals surface area contributed by atoms with Crippen molar-refractivity contribution in [3.8, 4) is 0 Å². The normalized spacial score (nSPS) is 15.7. The molecule has 0 radical (unpaired) electrons. The van der Waals surface area contributed by atoms with Gasteiger partial charge in [0.2, 0.25) is 5.91 Å². The van der Waals surface area contributed by atoms with E-state index in [4.69, 9.17) is 5.11 Å². The van der Waals surface area contributed by atoms with Gasteiger partial charge in [-0.05, 0) is 30.9 Å². The Morgan fingerprint density at radius 3 is 2.40 bits per heavy atom. The Hall–Kier alpha value is -1.88. The van der Waals surface area contributed by atoms with Crippen LogP contribution < -0.4 is 10.6 Å². The topological polar surface area (TPSA) is 78.4 Å². The van der Waals surface area contributed by atoms with Gasteiger partial charge >= 0.3 is 5.97 Å². The van der Waals surface area contributed by atoms with Crippen LogP contribution in [0.15, 0.2) is 24.3 Å². The molecule has 1 aromatic rings. The maximum Gasteiger partial charge on any atom is 0.307 e. The fourth-order valence-corrected chi connectivity index (χ4v) is 1.87. The fraction of sp³-hybridized carbons (Fsp3) is 0.467. The number of amides is 1. The van der Waals surface area contributed by atoms with Crippen LogP contribution in [0.25, 0.3) is 0 Å². The SMILES string of the molecule is CC(NCc1ccc(CC(=O)O)cc1)C(=O)NC1CC1. The molecular weight excluding hydrogens is 256 g/mol. The van der Waals surface area contributed by atoms with Crippen molar-refractivity contribution in [2.75, 3.05) is 0 Å². The van der Waals surface area contributed by atoms with Gasteiger partial charge in [-0.25, -0.2) is 0 Å². The Labute approximate surface area is 118 Å². The van der Waals surface area contributed by atoms with Crippen molar-refractivity contribution in [2.45, 2.75) is 44.8 Å². The zero-order chi connectivity index (χ0) is 14.5. The van der Waals surface area contributed by atoms with Gasteiger partial charge in [-0.2, -0.15) is 0 Å². The number of carbonyl (C=O) groups is 2. The van der Waals surface area contributed by atoms with Gasteiger partial charge in [0.25, 0.3) is 0 Å². The van der Waals surface area contributed by atoms with Gasteiger partial charge in [0.1, 0.15) is 0 Å². The van der Waals surface area contributed by atoms with Gasteiger partial charge in [-0.1, -0.05) is 24.3 Å². The Bertz CT molecular complexity index is 480. The second kappa shape index (κ2) is 6.52. The molecule has 20 heavy (non-hydrogen) atoms. The minimum absolute atomic E-state index is 0.0356. The summed E-state index contributed by atoms with van der Waals surface area (Å²) in [4.78, 5) is 22.3. The van der Waals surface area contributed by atoms with E-state index in [1.54, 1.807) is 12.1 Å². The Morgan fingerprint density at radius 1 is 1.25 bits per heavy atom. The number of carbonyl (C=O) groups excluding carboxylic acids is 1. The van der Waals surface area contributed by atoms with E-state index in [1.807, 2.05) is 19.1 Å². The van der Waals surface area contributed by atoms with Crippen LogP contribution in [0.3, 0.4) is 0 Å². The van der Waals surface area contributed by atoms with Crippen LogP contribution in [-0.4, -0.2) is 29.1 Å². The van der Waals surface area contributed by atoms with Gasteiger partial charge in [0.05, 0.1) is 12.5 Å². The average Bonchev–Trinajstić information content (AvgIpc) is 3.20. The lowest BCUT2D eigenvalue weighted by molar-refractivity contribution is -0.136. The summed E-state index contributed by atoms with van der Waals surface area (Å²) in [5, 5.41) is 14.8. The lowest BCUT2D eigenvalue weighted by atomic mass is 10.1. The van der Waals surface area contributed by atoms with Crippen LogP contribution in [0.1, 0.15) is 30.9 Å². The zero-order valence-electron chi connectivity index (χ0n) is 11.6. The molecule has 1 saturated carbocycles. The van der Waals surface area contributed by atoms with Crippen LogP contribution in [-0.2, 0) is 22.6 Å². The summed E-state index contributed by atoms with van der Waals surface area (Å²) in [7, 11) is 0. The second-order valence-corrected chi connectivity index (χ2v) is 5.27. The molecule has 0 aliphatic heterocycles. The molecule has 1 aliphatic rings. The van der Waals surface area contributed by atoms with E-state index < -0.39 is 5.97 Å². The molecule has 5 nitrogen and oxygen atoms in total. The molecule has 1 atom stereocenters. The predicted octanol–water partition coefficient (Wildman–Crippen LogP) is 1.07. The average molecular weight is 276 g/mol. The van der Waals surface area contributed by atoms with Crippen LogP contribution in [0.4, 0.5) is 0 Å². The maximum absolute atomic E-state index is 11.8. The number of carboxylic acids is 1. The number of nitrogens with one attached hydrogen (secondary N) is 2. The summed E-state index contributed by atoms with van der Waals surface area (Å²) in [5.41, 5.74) is 1.81. The van der Waals surface area contributed by atoms with Crippen LogP contribution in [0.2, 0.25) is 0 Å². The second-order valence-electron chi connectivity index (χ2n) is 5.27. The summed E-state index contributed by atoms with van der Waals surface area (Å²) in [5.74, 6) is -0.795. The predicted molar refractivity (Wildman–Crippen MR) is 75.2 cm³/mol. The number of aliphatic carboxylic acids is 1. The molecule has 0 heterocycles. The van der Waals surface area contributed by atoms with Crippen molar-refractivity contribution in [3.63, 3.8) is 0 Å². The summed E-state index contributed by atoms with van der Waals surface area (Å²) < 4.78 is 0. The van der Waals surface area contributed by atoms with E-state index in [9.17, 15) is 9.59 Å². The highest BCUT2D eigenvalue weighted by molar-refractivity contribution is 5.81. The van der Waals surface area contributed by atoms with E-state index in [0.29, 0.717) is 12.6 Å². The molecule has 2 rings (SSSR count). The Morgan fingerprint density at radius 2 is 1.85 bits per heavy atom. The third kappa shape index (κ3) is 4.66. The first kappa shape index (κ1) is 14.5. The van der Waals surface area contributed by atoms with Crippen molar-refractivity contribution in [3.05, 3.63) is 35.4 Å². The van der Waals surface area contributed by atoms with E-state index in [2.05, 4.69) is 10.6 Å². The molecule has 1 fully saturated rings. The number of carboxylic acid groups (broad SMARTS) is 1. The van der Waals surface area contributed by atoms with E-state index in [1.165, 1.54) is 0 Å². The minimum atomic E-state index is -0.832. The minimum Gasteiger partial charge on any atom is -0.481 e. The Balaban J connectivity index is 1.77. The number of benzene rings is 1. The van der Waals surface area contributed by atoms with Crippen LogP contribution in [0, 0.1) is 0 Å². The molecular formula is C15H20N2O3. The highest BCUT2D eigenvalue weighted by atomic mass is 16.4. The monoisotopic (exact) mass is 276 g/mol. The van der Waals surface area contributed by atoms with E-state index in [0.717, 1.165) is 24.0 Å². The van der Waals surface area contributed by atoms with Gasteiger partial charge < -0.3 is 15.7 Å². The van der Waals surface area contributed by atoms with Crippen LogP contribution in [0.5, 0.6) is 0 Å². The summed E-state index contributed by atoms with van der Waals surface area (Å²) >= 11 is 0. The van der Waals surface area contributed by atoms with Crippen molar-refractivity contribution in [2.24, 2.45) is 0 Å². The van der Waals surface area contributed by atoms with Crippen molar-refractivity contribution in [1.29, 1.82) is 0 Å². The van der Waals surface area contributed by atoms with Gasteiger partial charge in [0, 0.05) is 12.6 Å². The highest BCUT2D eigenvalue weighted by Crippen LogP contribution is 2.18. The first-order valence-electron chi connectivity index (χ1n) is 6.88. The van der Waals surface area contributed by atoms with E-state index in [-0.39, 0.29) is 18.4 Å². The van der Waals surface area contributed by atoms with Gasteiger partial charge in [0.15, 0.2) is 0 Å². The fourth-order valence-electron chi connectivity index (χ4n) is 1.87. The van der Waals surface area contributed by atoms with Crippen molar-refractivity contribution < 1.29 is 14.7 Å². The number of hydrogen-bond acceptors (Lipinski definition) is 3. The summed E-state index contributed by atoms with van der Waals surface area (Å²) in [6.45, 7) is 2.43. The molecule has 0 aromatic heterocycles. The molecule has 0 spiro atoms. The van der Waals surface area contributed by atoms with Crippen molar-refractivity contribution >= 4 is 11.9 Å². The summed E-state index contributed by atoms with van der Waals surface area (Å²) in [6.07, 6.45) is 2.21. The highest BCUT2D eigenvalue weighted by Gasteiger charge is 2.25. The quantitative estimate of drug-likeness (QED) is 0.696. The first-order chi connectivity index (χ1) is 9.54. The lowest BCUT2D eigenvalue weighted by Gasteiger charge is -2.13. The third-order valence-corrected chi connectivity index (χ3v) is 3.31. The molecule has 108 valence electrons. The van der Waals surface area contributed by atoms with Gasteiger partial charge in [-0.15, -0.1) is 0 Å². The number of rotatable bonds is 7. The van der Waals surface area contributed by atoms with Gasteiger partial charge in [-0.3, -0.25) is 9.59 Å².